The first-order valence-corrected chi connectivity index (χ1v) is 7.02. The number of nitrogens with one attached hydrogen (secondary N) is 2. The first-order chi connectivity index (χ1) is 11.0. The third-order valence-electron chi connectivity index (χ3n) is 3.01. The van der Waals surface area contributed by atoms with Crippen molar-refractivity contribution in [3.63, 3.8) is 0 Å². The molecule has 2 rings (SSSR count). The van der Waals surface area contributed by atoms with E-state index in [1.807, 2.05) is 35.6 Å². The monoisotopic (exact) mass is 320 g/mol. The molecule has 2 N–H and O–H groups in total. The molecule has 1 saturated heterocycles. The molecule has 1 aromatic rings. The molecule has 1 aliphatic rings. The van der Waals surface area contributed by atoms with Gasteiger partial charge in [0.15, 0.2) is 6.10 Å². The van der Waals surface area contributed by atoms with Crippen molar-refractivity contribution in [3.8, 4) is 0 Å². The molecule has 1 atom stereocenters. The number of hydrogen-bond donors (Lipinski definition) is 2. The number of benzene rings is 1. The summed E-state index contributed by atoms with van der Waals surface area (Å²) >= 11 is 0. The SMILES string of the molecule is O=C1C[C@@H](OC(=O)CCNC(=O)OCc2ccccc2)C(=O)N1. The van der Waals surface area contributed by atoms with E-state index in [-0.39, 0.29) is 26.0 Å². The van der Waals surface area contributed by atoms with Gasteiger partial charge in [0.25, 0.3) is 5.91 Å². The summed E-state index contributed by atoms with van der Waals surface area (Å²) in [4.78, 5) is 45.1. The fourth-order valence-electron chi connectivity index (χ4n) is 1.88. The molecule has 0 aliphatic carbocycles. The summed E-state index contributed by atoms with van der Waals surface area (Å²) in [7, 11) is 0. The zero-order chi connectivity index (χ0) is 16.7. The van der Waals surface area contributed by atoms with Crippen molar-refractivity contribution in [2.75, 3.05) is 6.54 Å². The van der Waals surface area contributed by atoms with Gasteiger partial charge in [-0.25, -0.2) is 4.79 Å². The summed E-state index contributed by atoms with van der Waals surface area (Å²) in [5.74, 6) is -1.78. The van der Waals surface area contributed by atoms with Crippen molar-refractivity contribution in [2.45, 2.75) is 25.6 Å². The first kappa shape index (κ1) is 16.5. The van der Waals surface area contributed by atoms with E-state index >= 15 is 0 Å². The minimum atomic E-state index is -1.08. The highest BCUT2D eigenvalue weighted by Gasteiger charge is 2.33. The number of alkyl carbamates (subject to hydrolysis) is 1. The summed E-state index contributed by atoms with van der Waals surface area (Å²) in [5.41, 5.74) is 0.846. The molecule has 1 fully saturated rings. The molecule has 0 radical (unpaired) electrons. The molecule has 8 nitrogen and oxygen atoms in total. The van der Waals surface area contributed by atoms with Gasteiger partial charge in [0.05, 0.1) is 12.8 Å². The van der Waals surface area contributed by atoms with Gasteiger partial charge in [-0.15, -0.1) is 0 Å². The lowest BCUT2D eigenvalue weighted by Crippen LogP contribution is -2.31. The number of rotatable bonds is 6. The zero-order valence-corrected chi connectivity index (χ0v) is 12.2. The predicted octanol–water partition coefficient (Wildman–Crippen LogP) is 0.261. The van der Waals surface area contributed by atoms with Gasteiger partial charge in [0.1, 0.15) is 6.61 Å². The summed E-state index contributed by atoms with van der Waals surface area (Å²) in [6, 6.07) is 9.15. The molecule has 122 valence electrons. The third kappa shape index (κ3) is 5.42. The van der Waals surface area contributed by atoms with E-state index in [0.717, 1.165) is 5.56 Å². The molecule has 0 saturated carbocycles. The highest BCUT2D eigenvalue weighted by atomic mass is 16.6. The van der Waals surface area contributed by atoms with Crippen molar-refractivity contribution in [3.05, 3.63) is 35.9 Å². The van der Waals surface area contributed by atoms with Crippen LogP contribution in [0.25, 0.3) is 0 Å². The molecule has 1 heterocycles. The fourth-order valence-corrected chi connectivity index (χ4v) is 1.88. The van der Waals surface area contributed by atoms with Crippen molar-refractivity contribution >= 4 is 23.9 Å². The lowest BCUT2D eigenvalue weighted by atomic mass is 10.2. The van der Waals surface area contributed by atoms with Crippen molar-refractivity contribution in [1.82, 2.24) is 10.6 Å². The average molecular weight is 320 g/mol. The predicted molar refractivity (Wildman–Crippen MR) is 76.9 cm³/mol. The molecule has 1 aromatic carbocycles. The van der Waals surface area contributed by atoms with Crippen molar-refractivity contribution in [2.24, 2.45) is 0 Å². The van der Waals surface area contributed by atoms with Gasteiger partial charge in [-0.05, 0) is 5.56 Å². The van der Waals surface area contributed by atoms with Crippen LogP contribution in [-0.2, 0) is 30.5 Å². The van der Waals surface area contributed by atoms with Crippen LogP contribution in [0.5, 0.6) is 0 Å². The van der Waals surface area contributed by atoms with Crippen LogP contribution in [0.1, 0.15) is 18.4 Å². The maximum Gasteiger partial charge on any atom is 0.407 e. The van der Waals surface area contributed by atoms with Crippen molar-refractivity contribution < 1.29 is 28.7 Å². The largest absolute Gasteiger partial charge is 0.452 e. The van der Waals surface area contributed by atoms with E-state index in [2.05, 4.69) is 5.32 Å². The van der Waals surface area contributed by atoms with E-state index in [4.69, 9.17) is 9.47 Å². The molecule has 1 aliphatic heterocycles. The van der Waals surface area contributed by atoms with Gasteiger partial charge in [-0.2, -0.15) is 0 Å². The Morgan fingerprint density at radius 3 is 2.61 bits per heavy atom. The second-order valence-electron chi connectivity index (χ2n) is 4.83. The Bertz CT molecular complexity index is 601. The highest BCUT2D eigenvalue weighted by molar-refractivity contribution is 6.05. The summed E-state index contributed by atoms with van der Waals surface area (Å²) < 4.78 is 9.80. The Morgan fingerprint density at radius 1 is 1.22 bits per heavy atom. The second kappa shape index (κ2) is 7.92. The molecule has 0 unspecified atom stereocenters. The van der Waals surface area contributed by atoms with Crippen LogP contribution >= 0.6 is 0 Å². The van der Waals surface area contributed by atoms with Crippen LogP contribution < -0.4 is 10.6 Å². The number of ether oxygens (including phenoxy) is 2. The maximum atomic E-state index is 11.5. The van der Waals surface area contributed by atoms with Crippen LogP contribution in [0.4, 0.5) is 4.79 Å². The number of esters is 1. The van der Waals surface area contributed by atoms with Gasteiger partial charge < -0.3 is 14.8 Å². The minimum Gasteiger partial charge on any atom is -0.452 e. The lowest BCUT2D eigenvalue weighted by molar-refractivity contribution is -0.153. The summed E-state index contributed by atoms with van der Waals surface area (Å²) in [6.07, 6.45) is -2.04. The van der Waals surface area contributed by atoms with Crippen LogP contribution in [0, 0.1) is 0 Å². The van der Waals surface area contributed by atoms with E-state index in [0.29, 0.717) is 0 Å². The third-order valence-corrected chi connectivity index (χ3v) is 3.01. The zero-order valence-electron chi connectivity index (χ0n) is 12.2. The molecule has 8 heteroatoms. The second-order valence-corrected chi connectivity index (χ2v) is 4.83. The number of amides is 3. The highest BCUT2D eigenvalue weighted by Crippen LogP contribution is 2.07. The van der Waals surface area contributed by atoms with Gasteiger partial charge in [-0.1, -0.05) is 30.3 Å². The van der Waals surface area contributed by atoms with Crippen molar-refractivity contribution in [1.29, 1.82) is 0 Å². The van der Waals surface area contributed by atoms with Crippen LogP contribution in [0.2, 0.25) is 0 Å². The number of carbonyl (C=O) groups is 4. The van der Waals surface area contributed by atoms with E-state index in [9.17, 15) is 19.2 Å². The molecule has 0 bridgehead atoms. The Morgan fingerprint density at radius 2 is 1.96 bits per heavy atom. The number of carbonyl (C=O) groups excluding carboxylic acids is 4. The van der Waals surface area contributed by atoms with Crippen LogP contribution in [-0.4, -0.2) is 36.5 Å². The van der Waals surface area contributed by atoms with Gasteiger partial charge in [0, 0.05) is 6.54 Å². The minimum absolute atomic E-state index is 0.00867. The molecule has 23 heavy (non-hydrogen) atoms. The maximum absolute atomic E-state index is 11.5. The quantitative estimate of drug-likeness (QED) is 0.574. The normalized spacial score (nSPS) is 16.6. The number of hydrogen-bond acceptors (Lipinski definition) is 6. The first-order valence-electron chi connectivity index (χ1n) is 7.02. The van der Waals surface area contributed by atoms with E-state index in [1.54, 1.807) is 0 Å². The lowest BCUT2D eigenvalue weighted by Gasteiger charge is -2.09. The summed E-state index contributed by atoms with van der Waals surface area (Å²) in [6.45, 7) is 0.135. The molecule has 3 amide bonds. The van der Waals surface area contributed by atoms with Gasteiger partial charge in [-0.3, -0.25) is 19.7 Å². The Hall–Kier alpha value is -2.90. The molecular weight excluding hydrogens is 304 g/mol. The molecular formula is C15H16N2O6. The number of imide groups is 1. The van der Waals surface area contributed by atoms with Crippen LogP contribution in [0.15, 0.2) is 30.3 Å². The van der Waals surface area contributed by atoms with E-state index in [1.165, 1.54) is 0 Å². The Kier molecular flexibility index (Phi) is 5.67. The molecule has 0 aromatic heterocycles. The topological polar surface area (TPSA) is 111 Å². The Labute approximate surface area is 132 Å². The van der Waals surface area contributed by atoms with Gasteiger partial charge >= 0.3 is 12.1 Å². The molecule has 0 spiro atoms. The average Bonchev–Trinajstić information content (AvgIpc) is 2.84. The standard InChI is InChI=1S/C15H16N2O6/c18-12-8-11(14(20)17-12)23-13(19)6-7-16-15(21)22-9-10-4-2-1-3-5-10/h1-5,11H,6-9H2,(H,16,21)(H,17,18,20)/t11-/m1/s1. The smallest absolute Gasteiger partial charge is 0.407 e. The van der Waals surface area contributed by atoms with Crippen LogP contribution in [0.3, 0.4) is 0 Å². The Balaban J connectivity index is 1.60. The van der Waals surface area contributed by atoms with E-state index < -0.39 is 30.0 Å². The van der Waals surface area contributed by atoms with Gasteiger partial charge in [0.2, 0.25) is 5.91 Å². The fraction of sp³-hybridized carbons (Fsp3) is 0.333. The summed E-state index contributed by atoms with van der Waals surface area (Å²) in [5, 5.41) is 4.43.